The summed E-state index contributed by atoms with van der Waals surface area (Å²) in [4.78, 5) is 74.8. The molecule has 3 unspecified atom stereocenters. The summed E-state index contributed by atoms with van der Waals surface area (Å²) in [5.74, 6) is 2.76. The number of aromatic nitrogens is 7. The number of aliphatic hydroxyl groups is 1. The van der Waals surface area contributed by atoms with Gasteiger partial charge in [0.05, 0.1) is 5.60 Å². The molecular formula is C80H74Cl3N11O7. The van der Waals surface area contributed by atoms with Crippen LogP contribution in [-0.2, 0) is 39.2 Å². The fourth-order valence-electron chi connectivity index (χ4n) is 15.9. The second kappa shape index (κ2) is 27.6. The van der Waals surface area contributed by atoms with E-state index in [1.165, 1.54) is 5.56 Å². The van der Waals surface area contributed by atoms with Crippen LogP contribution in [0.15, 0.2) is 177 Å². The number of carbonyl (C=O) groups excluding carboxylic acids is 3. The Morgan fingerprint density at radius 3 is 1.32 bits per heavy atom. The molecular weight excluding hydrogens is 1330 g/mol. The summed E-state index contributed by atoms with van der Waals surface area (Å²) in [6, 6.07) is 42.1. The summed E-state index contributed by atoms with van der Waals surface area (Å²) >= 11 is 19.4. The molecule has 6 aliphatic heterocycles. The molecule has 0 saturated carbocycles. The number of aromatic amines is 3. The number of likely N-dealkylation sites (tertiary alicyclic amines) is 3. The van der Waals surface area contributed by atoms with Crippen molar-refractivity contribution in [1.29, 1.82) is 0 Å². The Bertz CT molecular complexity index is 5130. The Labute approximate surface area is 598 Å². The third-order valence-electron chi connectivity index (χ3n) is 21.1. The van der Waals surface area contributed by atoms with Gasteiger partial charge in [-0.15, -0.1) is 0 Å². The molecule has 21 heteroatoms. The number of ether oxygens (including phenoxy) is 3. The maximum atomic E-state index is 13.6. The Balaban J connectivity index is 0.000000118. The standard InChI is InChI=1S/C31H26ClN3O3.C26H23ClN4O2.C23H25ClN4O2/c32-21-16-20-17-27(38-28(20)25(18-21)23-8-12-33-29-24(23)9-13-34-29)30(36)35-14-10-31(37,11-15-35)26-7-3-5-19-4-1-2-6-22(19)26;27-19-13-18-14-23(26(32)31-11-5-17(6-12-31)16-1-7-28-8-2-16)33-24(18)22(15-19)20-3-9-29-25-21(20)4-10-30-25;1-27(2)16-5-9-28(10-6-16)23(29)20-12-14-11-15(24)13-19(21(14)30-20)17-3-7-25-22-18(17)4-8-26-22/h1-9,12-13,16,18,27,37H,10-11,14-15,17H2,(H,33,34);1-4,7-10,13,15,17,23H,5-6,11-12,14H2,(H,29,30);3-4,7-8,11,13,16,20H,5-6,9-10,12H2,1-2H3,(H,25,26). The molecule has 12 aromatic rings. The molecule has 0 spiro atoms. The van der Waals surface area contributed by atoms with Gasteiger partial charge in [-0.25, -0.2) is 15.0 Å². The first-order valence-corrected chi connectivity index (χ1v) is 35.7. The topological polar surface area (TPSA) is 211 Å². The average molecular weight is 1410 g/mol. The number of piperidine rings is 3. The molecule has 0 radical (unpaired) electrons. The van der Waals surface area contributed by atoms with Crippen molar-refractivity contribution in [3.63, 3.8) is 0 Å². The molecule has 6 aliphatic rings. The van der Waals surface area contributed by atoms with Crippen molar-refractivity contribution >= 4 is 96.4 Å². The summed E-state index contributed by atoms with van der Waals surface area (Å²) in [5, 5.41) is 18.6. The lowest BCUT2D eigenvalue weighted by Gasteiger charge is -2.39. The number of nitrogens with zero attached hydrogens (tertiary/aromatic N) is 8. The molecule has 101 heavy (non-hydrogen) atoms. The molecule has 3 saturated heterocycles. The van der Waals surface area contributed by atoms with Crippen molar-refractivity contribution in [3.8, 4) is 50.6 Å². The van der Waals surface area contributed by atoms with Gasteiger partial charge in [0, 0.05) is 179 Å². The van der Waals surface area contributed by atoms with E-state index < -0.39 is 23.9 Å². The zero-order valence-electron chi connectivity index (χ0n) is 55.8. The highest BCUT2D eigenvalue weighted by Crippen LogP contribution is 2.48. The second-order valence-electron chi connectivity index (χ2n) is 27.3. The second-order valence-corrected chi connectivity index (χ2v) is 28.6. The Morgan fingerprint density at radius 1 is 0.475 bits per heavy atom. The van der Waals surface area contributed by atoms with Gasteiger partial charge in [-0.2, -0.15) is 0 Å². The van der Waals surface area contributed by atoms with Crippen molar-refractivity contribution in [2.24, 2.45) is 0 Å². The van der Waals surface area contributed by atoms with E-state index in [0.717, 1.165) is 163 Å². The minimum absolute atomic E-state index is 0.0511. The zero-order chi connectivity index (χ0) is 69.0. The zero-order valence-corrected chi connectivity index (χ0v) is 58.1. The van der Waals surface area contributed by atoms with Crippen LogP contribution in [0.2, 0.25) is 15.1 Å². The Morgan fingerprint density at radius 2 is 0.881 bits per heavy atom. The van der Waals surface area contributed by atoms with Crippen molar-refractivity contribution in [2.45, 2.75) is 93.7 Å². The monoisotopic (exact) mass is 1410 g/mol. The lowest BCUT2D eigenvalue weighted by molar-refractivity contribution is -0.142. The Kier molecular flexibility index (Phi) is 18.0. The molecule has 3 amide bonds. The molecule has 4 N–H and O–H groups in total. The highest BCUT2D eigenvalue weighted by atomic mass is 35.5. The van der Waals surface area contributed by atoms with Crippen LogP contribution in [-0.4, -0.2) is 155 Å². The molecule has 512 valence electrons. The number of benzene rings is 5. The number of rotatable bonds is 9. The van der Waals surface area contributed by atoms with E-state index in [1.807, 2.05) is 143 Å². The van der Waals surface area contributed by atoms with Crippen LogP contribution in [0.4, 0.5) is 0 Å². The van der Waals surface area contributed by atoms with E-state index in [4.69, 9.17) is 49.0 Å². The van der Waals surface area contributed by atoms with Gasteiger partial charge in [0.2, 0.25) is 0 Å². The minimum Gasteiger partial charge on any atom is -0.479 e. The normalized spacial score (nSPS) is 18.7. The van der Waals surface area contributed by atoms with Crippen LogP contribution < -0.4 is 14.2 Å². The number of carbonyl (C=O) groups is 3. The summed E-state index contributed by atoms with van der Waals surface area (Å²) in [6.45, 7) is 3.97. The molecule has 3 fully saturated rings. The number of hydrogen-bond donors (Lipinski definition) is 4. The minimum atomic E-state index is -0.971. The van der Waals surface area contributed by atoms with Crippen molar-refractivity contribution in [1.82, 2.24) is 54.5 Å². The van der Waals surface area contributed by atoms with Crippen LogP contribution in [0.3, 0.4) is 0 Å². The Hall–Kier alpha value is -9.82. The molecule has 0 bridgehead atoms. The van der Waals surface area contributed by atoms with E-state index >= 15 is 0 Å². The third kappa shape index (κ3) is 12.9. The molecule has 0 aliphatic carbocycles. The first-order valence-electron chi connectivity index (χ1n) is 34.6. The number of H-pyrrole nitrogens is 3. The van der Waals surface area contributed by atoms with Gasteiger partial charge in [-0.1, -0.05) is 77.3 Å². The molecule has 18 rings (SSSR count). The van der Waals surface area contributed by atoms with Crippen molar-refractivity contribution in [3.05, 3.63) is 220 Å². The van der Waals surface area contributed by atoms with E-state index in [9.17, 15) is 19.5 Å². The summed E-state index contributed by atoms with van der Waals surface area (Å²) in [7, 11) is 4.20. The fraction of sp³-hybridized carbons (Fsp3) is 0.287. The van der Waals surface area contributed by atoms with Gasteiger partial charge in [-0.3, -0.25) is 19.4 Å². The van der Waals surface area contributed by atoms with Crippen LogP contribution >= 0.6 is 34.8 Å². The van der Waals surface area contributed by atoms with Crippen LogP contribution in [0.1, 0.15) is 72.3 Å². The van der Waals surface area contributed by atoms with Gasteiger partial charge < -0.3 is 53.9 Å². The highest BCUT2D eigenvalue weighted by Gasteiger charge is 2.42. The number of pyridine rings is 4. The summed E-state index contributed by atoms with van der Waals surface area (Å²) < 4.78 is 18.9. The van der Waals surface area contributed by atoms with Gasteiger partial charge in [0.15, 0.2) is 18.3 Å². The quantitative estimate of drug-likeness (QED) is 0.106. The average Bonchev–Trinajstić information content (AvgIpc) is 1.71. The summed E-state index contributed by atoms with van der Waals surface area (Å²) in [5.41, 5.74) is 12.2. The third-order valence-corrected chi connectivity index (χ3v) is 21.8. The van der Waals surface area contributed by atoms with Crippen molar-refractivity contribution in [2.75, 3.05) is 53.4 Å². The van der Waals surface area contributed by atoms with Gasteiger partial charge in [-0.05, 0) is 182 Å². The maximum Gasteiger partial charge on any atom is 0.263 e. The SMILES string of the molecule is CN(C)C1CCN(C(=O)C2Cc3cc(Cl)cc(-c4ccnc5[nH]ccc45)c3O2)CC1.O=C(C1Cc2cc(Cl)cc(-c3ccnc4[nH]ccc34)c2O1)N1CCC(O)(c2cccc3ccccc23)CC1.O=C(C1Cc2cc(Cl)cc(-c3ccnc4[nH]ccc34)c2O1)N1CCC(c2ccncc2)CC1. The van der Waals surface area contributed by atoms with E-state index in [-0.39, 0.29) is 17.7 Å². The maximum absolute atomic E-state index is 13.6. The predicted molar refractivity (Wildman–Crippen MR) is 394 cm³/mol. The summed E-state index contributed by atoms with van der Waals surface area (Å²) in [6.07, 6.45) is 19.4. The van der Waals surface area contributed by atoms with Gasteiger partial charge in [0.25, 0.3) is 17.7 Å². The number of fused-ring (bicyclic) bond motifs is 7. The highest BCUT2D eigenvalue weighted by molar-refractivity contribution is 6.32. The molecule has 13 heterocycles. The van der Waals surface area contributed by atoms with Crippen LogP contribution in [0.25, 0.3) is 77.3 Å². The molecule has 7 aromatic heterocycles. The number of hydrogen-bond acceptors (Lipinski definition) is 12. The molecule has 18 nitrogen and oxygen atoms in total. The van der Waals surface area contributed by atoms with Gasteiger partial charge in [0.1, 0.15) is 34.2 Å². The smallest absolute Gasteiger partial charge is 0.263 e. The van der Waals surface area contributed by atoms with Crippen LogP contribution in [0.5, 0.6) is 17.2 Å². The van der Waals surface area contributed by atoms with E-state index in [0.29, 0.717) is 78.0 Å². The van der Waals surface area contributed by atoms with Crippen molar-refractivity contribution < 1.29 is 33.7 Å². The largest absolute Gasteiger partial charge is 0.479 e. The van der Waals surface area contributed by atoms with Crippen LogP contribution in [0, 0.1) is 0 Å². The fourth-order valence-corrected chi connectivity index (χ4v) is 16.6. The predicted octanol–water partition coefficient (Wildman–Crippen LogP) is 14.6. The lowest BCUT2D eigenvalue weighted by Crippen LogP contribution is -2.49. The number of halogens is 3. The number of amides is 3. The number of nitrogens with one attached hydrogen (secondary N) is 3. The lowest BCUT2D eigenvalue weighted by atomic mass is 9.82. The molecule has 3 atom stereocenters. The van der Waals surface area contributed by atoms with E-state index in [1.54, 1.807) is 18.6 Å². The van der Waals surface area contributed by atoms with Gasteiger partial charge >= 0.3 is 0 Å². The first-order chi connectivity index (χ1) is 49.2. The van der Waals surface area contributed by atoms with E-state index in [2.05, 4.69) is 84.2 Å². The first kappa shape index (κ1) is 65.8. The molecule has 5 aromatic carbocycles.